The number of nitrogens with one attached hydrogen (secondary N) is 2. The van der Waals surface area contributed by atoms with E-state index in [4.69, 9.17) is 5.73 Å². The van der Waals surface area contributed by atoms with Crippen molar-refractivity contribution >= 4 is 11.8 Å². The van der Waals surface area contributed by atoms with Gasteiger partial charge in [0.2, 0.25) is 5.91 Å². The summed E-state index contributed by atoms with van der Waals surface area (Å²) in [6.45, 7) is 2.00. The lowest BCUT2D eigenvalue weighted by Crippen LogP contribution is -2.45. The van der Waals surface area contributed by atoms with Crippen LogP contribution >= 0.6 is 0 Å². The molecule has 0 saturated heterocycles. The Labute approximate surface area is 106 Å². The van der Waals surface area contributed by atoms with Gasteiger partial charge in [-0.3, -0.25) is 20.0 Å². The van der Waals surface area contributed by atoms with Crippen molar-refractivity contribution in [3.05, 3.63) is 30.1 Å². The molecule has 0 aliphatic rings. The molecule has 98 valence electrons. The number of primary amides is 1. The van der Waals surface area contributed by atoms with Gasteiger partial charge in [0.05, 0.1) is 0 Å². The SMILES string of the molecule is CCCC(CC(N)=O)NNC(=O)c1ccncc1. The van der Waals surface area contributed by atoms with Crippen LogP contribution in [0, 0.1) is 0 Å². The number of rotatable bonds is 7. The molecule has 0 saturated carbocycles. The molecule has 1 atom stereocenters. The summed E-state index contributed by atoms with van der Waals surface area (Å²) in [5.74, 6) is -0.651. The second-order valence-corrected chi connectivity index (χ2v) is 3.99. The Kier molecular flexibility index (Phi) is 5.79. The molecule has 0 fully saturated rings. The number of nitrogens with zero attached hydrogens (tertiary/aromatic N) is 1. The molecule has 0 radical (unpaired) electrons. The Morgan fingerprint density at radius 1 is 1.39 bits per heavy atom. The maximum atomic E-state index is 11.7. The first-order valence-corrected chi connectivity index (χ1v) is 5.87. The summed E-state index contributed by atoms with van der Waals surface area (Å²) >= 11 is 0. The maximum absolute atomic E-state index is 11.7. The van der Waals surface area contributed by atoms with Crippen LogP contribution in [0.1, 0.15) is 36.5 Å². The van der Waals surface area contributed by atoms with Crippen molar-refractivity contribution in [2.75, 3.05) is 0 Å². The number of hydrazine groups is 1. The number of hydrogen-bond donors (Lipinski definition) is 3. The van der Waals surface area contributed by atoms with Crippen molar-refractivity contribution in [2.24, 2.45) is 5.73 Å². The van der Waals surface area contributed by atoms with Crippen molar-refractivity contribution in [2.45, 2.75) is 32.2 Å². The minimum atomic E-state index is -0.390. The molecule has 1 unspecified atom stereocenters. The van der Waals surface area contributed by atoms with E-state index in [9.17, 15) is 9.59 Å². The number of carbonyl (C=O) groups is 2. The average Bonchev–Trinajstić information content (AvgIpc) is 2.36. The first-order chi connectivity index (χ1) is 8.63. The third kappa shape index (κ3) is 4.92. The van der Waals surface area contributed by atoms with Gasteiger partial charge in [0, 0.05) is 30.4 Å². The Morgan fingerprint density at radius 2 is 2.06 bits per heavy atom. The van der Waals surface area contributed by atoms with Gasteiger partial charge in [0.25, 0.3) is 5.91 Å². The zero-order chi connectivity index (χ0) is 13.4. The van der Waals surface area contributed by atoms with Gasteiger partial charge in [-0.25, -0.2) is 5.43 Å². The van der Waals surface area contributed by atoms with Gasteiger partial charge < -0.3 is 5.73 Å². The normalized spacial score (nSPS) is 11.8. The van der Waals surface area contributed by atoms with E-state index in [2.05, 4.69) is 15.8 Å². The number of nitrogens with two attached hydrogens (primary N) is 1. The standard InChI is InChI=1S/C12H18N4O2/c1-2-3-10(8-11(13)17)15-16-12(18)9-4-6-14-7-5-9/h4-7,10,15H,2-3,8H2,1H3,(H2,13,17)(H,16,18). The van der Waals surface area contributed by atoms with E-state index in [0.717, 1.165) is 12.8 Å². The van der Waals surface area contributed by atoms with Crippen molar-refractivity contribution in [1.82, 2.24) is 15.8 Å². The Hall–Kier alpha value is -1.95. The molecule has 0 aliphatic carbocycles. The molecule has 2 amide bonds. The van der Waals surface area contributed by atoms with E-state index in [1.165, 1.54) is 0 Å². The van der Waals surface area contributed by atoms with Crippen LogP contribution in [0.5, 0.6) is 0 Å². The number of carbonyl (C=O) groups excluding carboxylic acids is 2. The van der Waals surface area contributed by atoms with Crippen LogP contribution < -0.4 is 16.6 Å². The smallest absolute Gasteiger partial charge is 0.265 e. The molecular weight excluding hydrogens is 232 g/mol. The minimum Gasteiger partial charge on any atom is -0.370 e. The number of aromatic nitrogens is 1. The van der Waals surface area contributed by atoms with Crippen LogP contribution in [-0.4, -0.2) is 22.8 Å². The summed E-state index contributed by atoms with van der Waals surface area (Å²) in [6.07, 6.45) is 4.95. The highest BCUT2D eigenvalue weighted by Gasteiger charge is 2.12. The summed E-state index contributed by atoms with van der Waals surface area (Å²) in [4.78, 5) is 26.4. The van der Waals surface area contributed by atoms with Crippen LogP contribution in [0.4, 0.5) is 0 Å². The van der Waals surface area contributed by atoms with Crippen molar-refractivity contribution in [3.63, 3.8) is 0 Å². The van der Waals surface area contributed by atoms with Gasteiger partial charge in [-0.15, -0.1) is 0 Å². The summed E-state index contributed by atoms with van der Waals surface area (Å²) in [5, 5.41) is 0. The third-order valence-corrected chi connectivity index (χ3v) is 2.42. The fourth-order valence-electron chi connectivity index (χ4n) is 1.56. The van der Waals surface area contributed by atoms with Crippen molar-refractivity contribution in [3.8, 4) is 0 Å². The van der Waals surface area contributed by atoms with Crippen molar-refractivity contribution < 1.29 is 9.59 Å². The van der Waals surface area contributed by atoms with Crippen LogP contribution in [0.3, 0.4) is 0 Å². The molecule has 1 aromatic heterocycles. The second-order valence-electron chi connectivity index (χ2n) is 3.99. The highest BCUT2D eigenvalue weighted by Crippen LogP contribution is 2.01. The van der Waals surface area contributed by atoms with Gasteiger partial charge >= 0.3 is 0 Å². The molecular formula is C12H18N4O2. The van der Waals surface area contributed by atoms with E-state index in [-0.39, 0.29) is 24.3 Å². The quantitative estimate of drug-likeness (QED) is 0.609. The van der Waals surface area contributed by atoms with Gasteiger partial charge in [0.15, 0.2) is 0 Å². The molecule has 6 nitrogen and oxygen atoms in total. The van der Waals surface area contributed by atoms with Crippen LogP contribution in [0.25, 0.3) is 0 Å². The van der Waals surface area contributed by atoms with Crippen LogP contribution in [0.15, 0.2) is 24.5 Å². The Morgan fingerprint density at radius 3 is 2.61 bits per heavy atom. The third-order valence-electron chi connectivity index (χ3n) is 2.42. The summed E-state index contributed by atoms with van der Waals surface area (Å²) in [7, 11) is 0. The first-order valence-electron chi connectivity index (χ1n) is 5.87. The fraction of sp³-hybridized carbons (Fsp3) is 0.417. The predicted octanol–water partition coefficient (Wildman–Crippen LogP) is 0.360. The minimum absolute atomic E-state index is 0.140. The van der Waals surface area contributed by atoms with Crippen LogP contribution in [-0.2, 0) is 4.79 Å². The van der Waals surface area contributed by atoms with Crippen molar-refractivity contribution in [1.29, 1.82) is 0 Å². The predicted molar refractivity (Wildman–Crippen MR) is 67.3 cm³/mol. The first kappa shape index (κ1) is 14.1. The molecule has 0 aliphatic heterocycles. The molecule has 1 aromatic rings. The van der Waals surface area contributed by atoms with Gasteiger partial charge in [-0.2, -0.15) is 0 Å². The Bertz CT molecular complexity index is 394. The topological polar surface area (TPSA) is 97.1 Å². The number of hydrogen-bond acceptors (Lipinski definition) is 4. The monoisotopic (exact) mass is 250 g/mol. The van der Waals surface area contributed by atoms with E-state index < -0.39 is 0 Å². The molecule has 0 spiro atoms. The molecule has 0 bridgehead atoms. The number of amides is 2. The molecule has 1 rings (SSSR count). The summed E-state index contributed by atoms with van der Waals surface area (Å²) in [6, 6.07) is 3.08. The van der Waals surface area contributed by atoms with E-state index in [0.29, 0.717) is 5.56 Å². The van der Waals surface area contributed by atoms with E-state index >= 15 is 0 Å². The average molecular weight is 250 g/mol. The van der Waals surface area contributed by atoms with Gasteiger partial charge in [0.1, 0.15) is 0 Å². The zero-order valence-corrected chi connectivity index (χ0v) is 10.3. The molecule has 4 N–H and O–H groups in total. The molecule has 1 heterocycles. The summed E-state index contributed by atoms with van der Waals surface area (Å²) < 4.78 is 0. The van der Waals surface area contributed by atoms with E-state index in [1.807, 2.05) is 6.92 Å². The zero-order valence-electron chi connectivity index (χ0n) is 10.3. The Balaban J connectivity index is 2.46. The van der Waals surface area contributed by atoms with Gasteiger partial charge in [-0.05, 0) is 18.6 Å². The lowest BCUT2D eigenvalue weighted by atomic mass is 10.1. The largest absolute Gasteiger partial charge is 0.370 e. The number of pyridine rings is 1. The van der Waals surface area contributed by atoms with Crippen LogP contribution in [0.2, 0.25) is 0 Å². The maximum Gasteiger partial charge on any atom is 0.265 e. The lowest BCUT2D eigenvalue weighted by Gasteiger charge is -2.17. The highest BCUT2D eigenvalue weighted by molar-refractivity contribution is 5.93. The molecule has 6 heteroatoms. The second kappa shape index (κ2) is 7.39. The van der Waals surface area contributed by atoms with Gasteiger partial charge in [-0.1, -0.05) is 13.3 Å². The lowest BCUT2D eigenvalue weighted by molar-refractivity contribution is -0.118. The highest BCUT2D eigenvalue weighted by atomic mass is 16.2. The molecule has 18 heavy (non-hydrogen) atoms. The molecule has 0 aromatic carbocycles. The fourth-order valence-corrected chi connectivity index (χ4v) is 1.56. The van der Waals surface area contributed by atoms with E-state index in [1.54, 1.807) is 24.5 Å². The summed E-state index contributed by atoms with van der Waals surface area (Å²) in [5.41, 5.74) is 11.0.